The Morgan fingerprint density at radius 3 is 2.79 bits per heavy atom. The standard InChI is InChI=1S/C10H18N4/c1-6(2)5-8(11)10-12-9(13-14-10)7-3-4-7/h6-8H,3-5,11H2,1-2H3,(H,12,13,14). The third kappa shape index (κ3) is 2.12. The van der Waals surface area contributed by atoms with Gasteiger partial charge in [-0.25, -0.2) is 4.98 Å². The third-order valence-electron chi connectivity index (χ3n) is 2.54. The number of rotatable bonds is 4. The molecule has 4 heteroatoms. The van der Waals surface area contributed by atoms with E-state index >= 15 is 0 Å². The molecule has 0 spiro atoms. The van der Waals surface area contributed by atoms with Gasteiger partial charge in [-0.05, 0) is 25.2 Å². The molecule has 1 fully saturated rings. The normalized spacial score (nSPS) is 18.9. The van der Waals surface area contributed by atoms with Crippen molar-refractivity contribution in [3.05, 3.63) is 11.6 Å². The lowest BCUT2D eigenvalue weighted by molar-refractivity contribution is 0.494. The quantitative estimate of drug-likeness (QED) is 0.767. The number of hydrogen-bond acceptors (Lipinski definition) is 3. The van der Waals surface area contributed by atoms with Crippen LogP contribution in [0.25, 0.3) is 0 Å². The Kier molecular flexibility index (Phi) is 2.54. The van der Waals surface area contributed by atoms with E-state index in [0.717, 1.165) is 18.1 Å². The Morgan fingerprint density at radius 1 is 1.50 bits per heavy atom. The van der Waals surface area contributed by atoms with Gasteiger partial charge in [0.2, 0.25) is 0 Å². The maximum atomic E-state index is 5.98. The second-order valence-corrected chi connectivity index (χ2v) is 4.59. The predicted molar refractivity (Wildman–Crippen MR) is 54.7 cm³/mol. The monoisotopic (exact) mass is 194 g/mol. The Labute approximate surface area is 84.3 Å². The Bertz CT molecular complexity index is 301. The van der Waals surface area contributed by atoms with Gasteiger partial charge in [0.15, 0.2) is 5.82 Å². The molecule has 1 atom stereocenters. The van der Waals surface area contributed by atoms with Crippen molar-refractivity contribution in [1.82, 2.24) is 15.2 Å². The number of aromatic amines is 1. The molecule has 1 aliphatic carbocycles. The number of nitrogens with zero attached hydrogens (tertiary/aromatic N) is 2. The van der Waals surface area contributed by atoms with Crippen molar-refractivity contribution in [3.63, 3.8) is 0 Å². The first-order chi connectivity index (χ1) is 6.66. The Hall–Kier alpha value is -0.900. The fraction of sp³-hybridized carbons (Fsp3) is 0.800. The van der Waals surface area contributed by atoms with Crippen molar-refractivity contribution < 1.29 is 0 Å². The summed E-state index contributed by atoms with van der Waals surface area (Å²) in [5.41, 5.74) is 5.98. The zero-order valence-corrected chi connectivity index (χ0v) is 8.83. The van der Waals surface area contributed by atoms with Crippen LogP contribution < -0.4 is 5.73 Å². The van der Waals surface area contributed by atoms with Crippen molar-refractivity contribution in [3.8, 4) is 0 Å². The smallest absolute Gasteiger partial charge is 0.167 e. The molecule has 78 valence electrons. The number of hydrogen-bond donors (Lipinski definition) is 2. The van der Waals surface area contributed by atoms with E-state index in [2.05, 4.69) is 29.0 Å². The Morgan fingerprint density at radius 2 is 2.21 bits per heavy atom. The minimum Gasteiger partial charge on any atom is -0.321 e. The number of nitrogens with one attached hydrogen (secondary N) is 1. The van der Waals surface area contributed by atoms with Crippen molar-refractivity contribution in [2.45, 2.75) is 45.1 Å². The molecule has 1 aromatic heterocycles. The summed E-state index contributed by atoms with van der Waals surface area (Å²) in [4.78, 5) is 4.43. The summed E-state index contributed by atoms with van der Waals surface area (Å²) in [6.07, 6.45) is 3.43. The van der Waals surface area contributed by atoms with E-state index in [1.54, 1.807) is 0 Å². The second-order valence-electron chi connectivity index (χ2n) is 4.59. The fourth-order valence-electron chi connectivity index (χ4n) is 1.61. The maximum absolute atomic E-state index is 5.98. The summed E-state index contributed by atoms with van der Waals surface area (Å²) in [6, 6.07) is -0.0150. The largest absolute Gasteiger partial charge is 0.321 e. The summed E-state index contributed by atoms with van der Waals surface area (Å²) in [5, 5.41) is 7.15. The summed E-state index contributed by atoms with van der Waals surface area (Å²) in [5.74, 6) is 3.02. The van der Waals surface area contributed by atoms with Crippen LogP contribution in [-0.2, 0) is 0 Å². The molecule has 3 N–H and O–H groups in total. The highest BCUT2D eigenvalue weighted by Crippen LogP contribution is 2.38. The summed E-state index contributed by atoms with van der Waals surface area (Å²) in [7, 11) is 0. The van der Waals surface area contributed by atoms with Gasteiger partial charge in [0, 0.05) is 5.92 Å². The van der Waals surface area contributed by atoms with E-state index in [1.165, 1.54) is 12.8 Å². The second kappa shape index (κ2) is 3.69. The summed E-state index contributed by atoms with van der Waals surface area (Å²) in [6.45, 7) is 4.32. The van der Waals surface area contributed by atoms with Crippen LogP contribution in [0.1, 0.15) is 56.7 Å². The van der Waals surface area contributed by atoms with Crippen LogP contribution in [0.3, 0.4) is 0 Å². The zero-order valence-electron chi connectivity index (χ0n) is 8.83. The first-order valence-corrected chi connectivity index (χ1v) is 5.34. The minimum atomic E-state index is -0.0150. The molecule has 0 bridgehead atoms. The highest BCUT2D eigenvalue weighted by Gasteiger charge is 2.27. The number of aromatic nitrogens is 3. The van der Waals surface area contributed by atoms with E-state index in [0.29, 0.717) is 11.8 Å². The highest BCUT2D eigenvalue weighted by molar-refractivity contribution is 5.06. The first kappa shape index (κ1) is 9.65. The third-order valence-corrected chi connectivity index (χ3v) is 2.54. The fourth-order valence-corrected chi connectivity index (χ4v) is 1.61. The molecule has 1 unspecified atom stereocenters. The van der Waals surface area contributed by atoms with Crippen molar-refractivity contribution in [2.75, 3.05) is 0 Å². The van der Waals surface area contributed by atoms with Gasteiger partial charge in [-0.15, -0.1) is 0 Å². The summed E-state index contributed by atoms with van der Waals surface area (Å²) >= 11 is 0. The van der Waals surface area contributed by atoms with Crippen LogP contribution in [0.2, 0.25) is 0 Å². The van der Waals surface area contributed by atoms with Crippen LogP contribution in [0, 0.1) is 5.92 Å². The number of H-pyrrole nitrogens is 1. The molecule has 4 nitrogen and oxygen atoms in total. The molecule has 1 aliphatic rings. The van der Waals surface area contributed by atoms with Crippen LogP contribution >= 0.6 is 0 Å². The maximum Gasteiger partial charge on any atom is 0.167 e. The van der Waals surface area contributed by atoms with Gasteiger partial charge in [-0.3, -0.25) is 5.10 Å². The topological polar surface area (TPSA) is 67.6 Å². The first-order valence-electron chi connectivity index (χ1n) is 5.34. The molecule has 0 saturated heterocycles. The molecule has 14 heavy (non-hydrogen) atoms. The van der Waals surface area contributed by atoms with E-state index < -0.39 is 0 Å². The SMILES string of the molecule is CC(C)CC(N)c1n[nH]c(C2CC2)n1. The lowest BCUT2D eigenvalue weighted by Crippen LogP contribution is -2.14. The average Bonchev–Trinajstić information content (AvgIpc) is 2.82. The molecular weight excluding hydrogens is 176 g/mol. The van der Waals surface area contributed by atoms with Crippen LogP contribution in [-0.4, -0.2) is 15.2 Å². The van der Waals surface area contributed by atoms with Gasteiger partial charge in [0.05, 0.1) is 6.04 Å². The molecule has 2 rings (SSSR count). The van der Waals surface area contributed by atoms with Crippen LogP contribution in [0.4, 0.5) is 0 Å². The molecule has 0 aromatic carbocycles. The Balaban J connectivity index is 2.00. The summed E-state index contributed by atoms with van der Waals surface area (Å²) < 4.78 is 0. The molecule has 0 radical (unpaired) electrons. The van der Waals surface area contributed by atoms with Gasteiger partial charge < -0.3 is 5.73 Å². The highest BCUT2D eigenvalue weighted by atomic mass is 15.2. The zero-order chi connectivity index (χ0) is 10.1. The van der Waals surface area contributed by atoms with Crippen molar-refractivity contribution >= 4 is 0 Å². The lowest BCUT2D eigenvalue weighted by Gasteiger charge is -2.09. The van der Waals surface area contributed by atoms with Crippen molar-refractivity contribution in [2.24, 2.45) is 11.7 Å². The van der Waals surface area contributed by atoms with Gasteiger partial charge in [0.25, 0.3) is 0 Å². The van der Waals surface area contributed by atoms with Crippen LogP contribution in [0.5, 0.6) is 0 Å². The van der Waals surface area contributed by atoms with E-state index in [9.17, 15) is 0 Å². The molecule has 0 aliphatic heterocycles. The average molecular weight is 194 g/mol. The van der Waals surface area contributed by atoms with Gasteiger partial charge in [-0.2, -0.15) is 5.10 Å². The van der Waals surface area contributed by atoms with E-state index in [-0.39, 0.29) is 6.04 Å². The lowest BCUT2D eigenvalue weighted by atomic mass is 10.0. The number of nitrogens with two attached hydrogens (primary N) is 1. The molecular formula is C10H18N4. The van der Waals surface area contributed by atoms with E-state index in [4.69, 9.17) is 5.73 Å². The minimum absolute atomic E-state index is 0.0150. The van der Waals surface area contributed by atoms with Crippen LogP contribution in [0.15, 0.2) is 0 Å². The van der Waals surface area contributed by atoms with Gasteiger partial charge in [0.1, 0.15) is 5.82 Å². The molecule has 0 amide bonds. The predicted octanol–water partition coefficient (Wildman–Crippen LogP) is 1.73. The van der Waals surface area contributed by atoms with Gasteiger partial charge >= 0.3 is 0 Å². The molecule has 1 heterocycles. The van der Waals surface area contributed by atoms with Crippen molar-refractivity contribution in [1.29, 1.82) is 0 Å². The van der Waals surface area contributed by atoms with E-state index in [1.807, 2.05) is 0 Å². The molecule has 1 saturated carbocycles. The molecule has 1 aromatic rings. The van der Waals surface area contributed by atoms with Gasteiger partial charge in [-0.1, -0.05) is 13.8 Å².